The summed E-state index contributed by atoms with van der Waals surface area (Å²) in [5.41, 5.74) is -0.614. The quantitative estimate of drug-likeness (QED) is 0.135. The van der Waals surface area contributed by atoms with Crippen LogP contribution >= 0.6 is 30.8 Å². The highest BCUT2D eigenvalue weighted by molar-refractivity contribution is 7.55. The molecule has 0 aromatic carbocycles. The Bertz CT molecular complexity index is 712. The maximum absolute atomic E-state index is 12.2. The number of carbonyl (C=O) groups is 4. The van der Waals surface area contributed by atoms with E-state index < -0.39 is 31.0 Å². The smallest absolute Gasteiger partial charge is 0.417 e. The van der Waals surface area contributed by atoms with Crippen molar-refractivity contribution < 1.29 is 42.3 Å². The first-order valence-corrected chi connectivity index (χ1v) is 14.1. The van der Waals surface area contributed by atoms with Gasteiger partial charge in [-0.05, 0) is 53.5 Å². The molecule has 14 heteroatoms. The molecule has 2 atom stereocenters. The van der Waals surface area contributed by atoms with Crippen LogP contribution < -0.4 is 5.32 Å². The number of hydrogen-bond acceptors (Lipinski definition) is 10. The SMILES string of the molecule is CC(C)(C)OC(=O)N1C(=O)CCCC[C@@H]1CCCC=O.CNC(C(=O)OC)P(=O)(OC)OC.ClCCl. The third-order valence-electron chi connectivity index (χ3n) is 4.78. The van der Waals surface area contributed by atoms with Crippen molar-refractivity contribution in [2.75, 3.05) is 33.7 Å². The molecular weight excluding hydrogens is 538 g/mol. The highest BCUT2D eigenvalue weighted by Crippen LogP contribution is 2.50. The van der Waals surface area contributed by atoms with Crippen LogP contribution in [0.5, 0.6) is 0 Å². The van der Waals surface area contributed by atoms with Crippen LogP contribution in [0.4, 0.5) is 4.79 Å². The molecule has 1 aliphatic heterocycles. The number of likely N-dealkylation sites (tertiary alicyclic amines) is 1. The molecule has 1 saturated heterocycles. The van der Waals surface area contributed by atoms with Gasteiger partial charge in [-0.15, -0.1) is 23.2 Å². The second kappa shape index (κ2) is 19.8. The number of imide groups is 1. The molecule has 11 nitrogen and oxygen atoms in total. The van der Waals surface area contributed by atoms with Crippen LogP contribution in [0, 0.1) is 0 Å². The van der Waals surface area contributed by atoms with E-state index in [0.717, 1.165) is 25.5 Å². The maximum atomic E-state index is 12.2. The number of unbranched alkanes of at least 4 members (excludes halogenated alkanes) is 1. The van der Waals surface area contributed by atoms with Gasteiger partial charge in [0.2, 0.25) is 11.7 Å². The van der Waals surface area contributed by atoms with E-state index in [1.807, 2.05) is 0 Å². The Hall–Kier alpha value is -1.23. The van der Waals surface area contributed by atoms with Gasteiger partial charge in [-0.2, -0.15) is 0 Å². The molecule has 0 spiro atoms. The Labute approximate surface area is 224 Å². The molecule has 212 valence electrons. The molecule has 0 bridgehead atoms. The topological polar surface area (TPSA) is 138 Å². The van der Waals surface area contributed by atoms with Crippen molar-refractivity contribution in [1.82, 2.24) is 10.2 Å². The number of methoxy groups -OCH3 is 1. The van der Waals surface area contributed by atoms with E-state index in [2.05, 4.69) is 19.1 Å². The lowest BCUT2D eigenvalue weighted by Crippen LogP contribution is -2.46. The van der Waals surface area contributed by atoms with E-state index in [1.54, 1.807) is 20.8 Å². The summed E-state index contributed by atoms with van der Waals surface area (Å²) in [5, 5.41) is 2.70. The summed E-state index contributed by atoms with van der Waals surface area (Å²) in [6.07, 6.45) is 5.07. The molecule has 36 heavy (non-hydrogen) atoms. The maximum Gasteiger partial charge on any atom is 0.417 e. The number of ether oxygens (including phenoxy) is 2. The Morgan fingerprint density at radius 1 is 1.19 bits per heavy atom. The van der Waals surface area contributed by atoms with Crippen LogP contribution in [0.3, 0.4) is 0 Å². The number of nitrogens with zero attached hydrogens (tertiary/aromatic N) is 1. The molecule has 1 N–H and O–H groups in total. The summed E-state index contributed by atoms with van der Waals surface area (Å²) in [6, 6.07) is -0.139. The molecule has 1 fully saturated rings. The highest BCUT2D eigenvalue weighted by Gasteiger charge is 2.39. The van der Waals surface area contributed by atoms with Gasteiger partial charge in [0.05, 0.1) is 12.4 Å². The van der Waals surface area contributed by atoms with Gasteiger partial charge in [-0.25, -0.2) is 14.5 Å². The first-order valence-electron chi connectivity index (χ1n) is 11.4. The van der Waals surface area contributed by atoms with E-state index >= 15 is 0 Å². The Morgan fingerprint density at radius 2 is 1.75 bits per heavy atom. The van der Waals surface area contributed by atoms with Crippen molar-refractivity contribution in [2.24, 2.45) is 0 Å². The van der Waals surface area contributed by atoms with Gasteiger partial charge in [0.1, 0.15) is 11.9 Å². The van der Waals surface area contributed by atoms with Gasteiger partial charge >= 0.3 is 19.7 Å². The molecular formula is C22H41Cl2N2O9P. The normalized spacial score (nSPS) is 16.9. The molecule has 1 heterocycles. The molecule has 1 rings (SSSR count). The zero-order valence-corrected chi connectivity index (χ0v) is 24.6. The number of aldehydes is 1. The zero-order valence-electron chi connectivity index (χ0n) is 22.2. The highest BCUT2D eigenvalue weighted by atomic mass is 35.5. The third-order valence-corrected chi connectivity index (χ3v) is 6.90. The lowest BCUT2D eigenvalue weighted by atomic mass is 10.0. The van der Waals surface area contributed by atoms with E-state index in [4.69, 9.17) is 27.9 Å². The average molecular weight is 579 g/mol. The molecule has 0 aromatic heterocycles. The summed E-state index contributed by atoms with van der Waals surface area (Å²) in [7, 11) is 1.62. The van der Waals surface area contributed by atoms with Gasteiger partial charge in [0.25, 0.3) is 0 Å². The lowest BCUT2D eigenvalue weighted by molar-refractivity contribution is -0.141. The predicted octanol–water partition coefficient (Wildman–Crippen LogP) is 4.67. The van der Waals surface area contributed by atoms with Gasteiger partial charge in [0, 0.05) is 33.1 Å². The molecule has 0 aliphatic carbocycles. The fourth-order valence-electron chi connectivity index (χ4n) is 3.18. The summed E-state index contributed by atoms with van der Waals surface area (Å²) in [5.74, 6) is -1.94. The van der Waals surface area contributed by atoms with Gasteiger partial charge in [-0.3, -0.25) is 14.7 Å². The number of carbonyl (C=O) groups excluding carboxylic acids is 4. The van der Waals surface area contributed by atoms with E-state index in [1.165, 1.54) is 33.3 Å². The molecule has 0 saturated carbocycles. The van der Waals surface area contributed by atoms with Gasteiger partial charge in [0.15, 0.2) is 0 Å². The van der Waals surface area contributed by atoms with E-state index in [-0.39, 0.29) is 17.3 Å². The number of halogens is 2. The van der Waals surface area contributed by atoms with Crippen molar-refractivity contribution >= 4 is 55.1 Å². The second-order valence-electron chi connectivity index (χ2n) is 8.46. The number of alkyl halides is 2. The average Bonchev–Trinajstić information content (AvgIpc) is 3.00. The van der Waals surface area contributed by atoms with Gasteiger partial charge < -0.3 is 23.3 Å². The van der Waals surface area contributed by atoms with Crippen molar-refractivity contribution in [1.29, 1.82) is 0 Å². The largest absolute Gasteiger partial charge is 0.467 e. The fraction of sp³-hybridized carbons (Fsp3) is 0.818. The first-order chi connectivity index (χ1) is 16.8. The van der Waals surface area contributed by atoms with Crippen molar-refractivity contribution in [3.8, 4) is 0 Å². The minimum atomic E-state index is -3.45. The Kier molecular flexibility index (Phi) is 20.3. The minimum absolute atomic E-state index is 0.139. The Balaban J connectivity index is 0. The second-order valence-corrected chi connectivity index (χ2v) is 11.6. The monoisotopic (exact) mass is 578 g/mol. The van der Waals surface area contributed by atoms with Crippen LogP contribution in [0.2, 0.25) is 0 Å². The predicted molar refractivity (Wildman–Crippen MR) is 138 cm³/mol. The van der Waals surface area contributed by atoms with Crippen molar-refractivity contribution in [2.45, 2.75) is 83.1 Å². The molecule has 1 unspecified atom stereocenters. The zero-order chi connectivity index (χ0) is 28.4. The first kappa shape index (κ1) is 36.9. The van der Waals surface area contributed by atoms with Crippen molar-refractivity contribution in [3.63, 3.8) is 0 Å². The molecule has 1 aliphatic rings. The van der Waals surface area contributed by atoms with Crippen molar-refractivity contribution in [3.05, 3.63) is 0 Å². The summed E-state index contributed by atoms with van der Waals surface area (Å²) >= 11 is 9.53. The summed E-state index contributed by atoms with van der Waals surface area (Å²) in [6.45, 7) is 5.36. The van der Waals surface area contributed by atoms with Crippen LogP contribution in [0.15, 0.2) is 0 Å². The standard InChI is InChI=1S/C15H25NO4.C6H14NO5P.CH2Cl2/c1-15(2,3)20-14(19)16-12(9-6-7-11-17)8-4-5-10-13(16)18;1-7-5(6(8)10-2)13(9,11-3)12-4;2-1-3/h11-12H,4-10H2,1-3H3;5,7H,1-4H3;1H2/t12-;;/m1../s1. The van der Waals surface area contributed by atoms with Crippen LogP contribution in [-0.4, -0.2) is 80.3 Å². The number of likely N-dealkylation sites (N-methyl/N-ethyl adjacent to an activating group) is 1. The molecule has 0 radical (unpaired) electrons. The van der Waals surface area contributed by atoms with E-state index in [0.29, 0.717) is 25.7 Å². The molecule has 2 amide bonds. The Morgan fingerprint density at radius 3 is 2.17 bits per heavy atom. The number of nitrogens with one attached hydrogen (secondary N) is 1. The number of esters is 1. The van der Waals surface area contributed by atoms with Crippen LogP contribution in [-0.2, 0) is 37.5 Å². The minimum Gasteiger partial charge on any atom is -0.467 e. The fourth-order valence-corrected chi connectivity index (χ4v) is 4.43. The number of amides is 2. The van der Waals surface area contributed by atoms with Crippen LogP contribution in [0.1, 0.15) is 65.7 Å². The lowest BCUT2D eigenvalue weighted by Gasteiger charge is -2.30. The summed E-state index contributed by atoms with van der Waals surface area (Å²) in [4.78, 5) is 47.2. The number of hydrogen-bond donors (Lipinski definition) is 1. The van der Waals surface area contributed by atoms with E-state index in [9.17, 15) is 23.7 Å². The number of rotatable bonds is 9. The van der Waals surface area contributed by atoms with Gasteiger partial charge in [-0.1, -0.05) is 6.42 Å². The third kappa shape index (κ3) is 14.5. The molecule has 0 aromatic rings. The van der Waals surface area contributed by atoms with Crippen LogP contribution in [0.25, 0.3) is 0 Å². The summed E-state index contributed by atoms with van der Waals surface area (Å²) < 4.78 is 30.7.